The van der Waals surface area contributed by atoms with Crippen molar-refractivity contribution in [1.82, 2.24) is 24.8 Å². The number of benzene rings is 4. The number of hydrogen-bond acceptors (Lipinski definition) is 3. The number of nitrogens with zero attached hydrogens (tertiary/aromatic N) is 3. The highest BCUT2D eigenvalue weighted by Crippen LogP contribution is 2.49. The molecule has 3 aliphatic rings. The van der Waals surface area contributed by atoms with Gasteiger partial charge in [0, 0.05) is 57.4 Å². The number of aromatic nitrogens is 4. The van der Waals surface area contributed by atoms with Gasteiger partial charge in [0.1, 0.15) is 0 Å². The fourth-order valence-corrected chi connectivity index (χ4v) is 8.76. The highest BCUT2D eigenvalue weighted by Gasteiger charge is 2.39. The Kier molecular flexibility index (Phi) is 11.0. The van der Waals surface area contributed by atoms with Crippen molar-refractivity contribution in [2.45, 2.75) is 0 Å². The molecule has 10 rings (SSSR count). The number of nitrogens with one attached hydrogen (secondary N) is 2. The van der Waals surface area contributed by atoms with Crippen molar-refractivity contribution in [1.29, 1.82) is 0 Å². The third-order valence-corrected chi connectivity index (χ3v) is 11.9. The molecule has 3 aliphatic heterocycles. The molecule has 0 atom stereocenters. The van der Waals surface area contributed by atoms with Crippen LogP contribution in [0.1, 0.15) is 22.8 Å². The van der Waals surface area contributed by atoms with E-state index >= 15 is 70.2 Å². The van der Waals surface area contributed by atoms with E-state index in [1.807, 2.05) is 0 Å². The van der Waals surface area contributed by atoms with Crippen molar-refractivity contribution >= 4 is 45.4 Å². The number of fused-ring (bicyclic) bond motifs is 10. The monoisotopic (exact) mass is 1030 g/mol. The van der Waals surface area contributed by atoms with Gasteiger partial charge >= 0.3 is 0 Å². The van der Waals surface area contributed by atoms with Crippen LogP contribution in [-0.2, 0) is 0 Å². The van der Waals surface area contributed by atoms with Gasteiger partial charge in [0.15, 0.2) is 93.1 Å². The van der Waals surface area contributed by atoms with Gasteiger partial charge in [0.2, 0.25) is 23.3 Å². The Labute approximate surface area is 385 Å². The van der Waals surface area contributed by atoms with Gasteiger partial charge in [-0.3, -0.25) is 4.90 Å². The van der Waals surface area contributed by atoms with Crippen LogP contribution in [0.5, 0.6) is 0 Å². The maximum absolute atomic E-state index is 16.2. The van der Waals surface area contributed by atoms with Crippen LogP contribution in [0.25, 0.3) is 89.9 Å². The molecule has 0 saturated heterocycles. The van der Waals surface area contributed by atoms with Crippen LogP contribution in [0.4, 0.5) is 87.8 Å². The minimum Gasteiger partial charge on any atom is -0.354 e. The quantitative estimate of drug-likeness (QED) is 0.105. The molecule has 5 nitrogen and oxygen atoms in total. The van der Waals surface area contributed by atoms with Crippen LogP contribution < -0.4 is 0 Å². The molecular formula is C47H15F20N5. The molecule has 0 saturated carbocycles. The summed E-state index contributed by atoms with van der Waals surface area (Å²) in [5.41, 5.74) is -20.6. The smallest absolute Gasteiger partial charge is 0.200 e. The predicted octanol–water partition coefficient (Wildman–Crippen LogP) is 13.8. The first-order valence-electron chi connectivity index (χ1n) is 19.9. The highest BCUT2D eigenvalue weighted by atomic mass is 19.2. The first-order valence-corrected chi connectivity index (χ1v) is 19.9. The topological polar surface area (TPSA) is 60.6 Å². The first kappa shape index (κ1) is 47.7. The molecule has 0 spiro atoms. The number of rotatable bonds is 4. The Hall–Kier alpha value is -7.96. The fraction of sp³-hybridized carbons (Fsp3) is 0.0638. The summed E-state index contributed by atoms with van der Waals surface area (Å²) in [6.45, 7) is -0.991. The number of aromatic amines is 2. The Morgan fingerprint density at radius 2 is 0.528 bits per heavy atom. The second-order valence-electron chi connectivity index (χ2n) is 16.0. The molecule has 7 aromatic rings. The highest BCUT2D eigenvalue weighted by molar-refractivity contribution is 6.07. The lowest BCUT2D eigenvalue weighted by Gasteiger charge is -2.15. The molecule has 3 aromatic heterocycles. The Bertz CT molecular complexity index is 3550. The summed E-state index contributed by atoms with van der Waals surface area (Å²) in [5.74, 6) is -52.5. The van der Waals surface area contributed by atoms with Crippen LogP contribution in [-0.4, -0.2) is 45.0 Å². The lowest BCUT2D eigenvalue weighted by Crippen LogP contribution is -2.16. The van der Waals surface area contributed by atoms with Crippen LogP contribution in [0.15, 0.2) is 24.3 Å². The average molecular weight is 1030 g/mol. The Balaban J connectivity index is 1.54. The summed E-state index contributed by atoms with van der Waals surface area (Å²) < 4.78 is 308. The van der Waals surface area contributed by atoms with E-state index in [-0.39, 0.29) is 11.1 Å². The molecule has 4 aromatic carbocycles. The standard InChI is InChI=1S/C47H15F20N5/c1-72-8-10-11(9-72)47-21(25-32(54)40(62)45(67)41(63)33(25)55)17-7-5-15(70-17)19(23-28(50)36(58)43(65)37(59)29(23)51)13-3-2-12(68-13)18(22-26(48)34(56)42(64)35(57)27(22)49)14-4-6-16(69-14)20(46(10)71-47)24-30(52)38(60)44(66)39(61)31(24)53/h2-7,69-70H,8-9H2,1H3. The van der Waals surface area contributed by atoms with Gasteiger partial charge in [0.25, 0.3) is 0 Å². The van der Waals surface area contributed by atoms with Gasteiger partial charge < -0.3 is 9.97 Å². The minimum absolute atomic E-state index is 0.348. The first-order chi connectivity index (χ1) is 34.0. The molecule has 368 valence electrons. The maximum Gasteiger partial charge on any atom is 0.200 e. The van der Waals surface area contributed by atoms with Gasteiger partial charge in [0.05, 0.1) is 45.0 Å². The number of halogens is 20. The van der Waals surface area contributed by atoms with Crippen molar-refractivity contribution in [2.75, 3.05) is 20.1 Å². The SMILES string of the molecule is CN1CC2=C(C1)c1nc2c(-c2c(F)c(F)c(F)c(F)c2F)c2ccc([nH]2)c(-c2c(F)c(F)c(F)c(F)c2F)c2nc(c(-c3c(F)c(F)c(F)c(F)c3F)c3ccc([nH]3)c1-c1c(F)c(F)c(F)c(F)c1F)C=C2. The van der Waals surface area contributed by atoms with E-state index in [9.17, 15) is 17.6 Å². The van der Waals surface area contributed by atoms with Crippen molar-refractivity contribution in [3.05, 3.63) is 163 Å². The third kappa shape index (κ3) is 6.61. The summed E-state index contributed by atoms with van der Waals surface area (Å²) in [5, 5.41) is 0. The molecule has 2 N–H and O–H groups in total. The normalized spacial score (nSPS) is 13.6. The van der Waals surface area contributed by atoms with Gasteiger partial charge in [-0.1, -0.05) is 0 Å². The predicted molar refractivity (Wildman–Crippen MR) is 215 cm³/mol. The summed E-state index contributed by atoms with van der Waals surface area (Å²) in [6, 6.07) is 2.67. The van der Waals surface area contributed by atoms with Crippen LogP contribution in [0.2, 0.25) is 0 Å². The molecule has 0 radical (unpaired) electrons. The molecule has 0 aliphatic carbocycles. The van der Waals surface area contributed by atoms with Crippen molar-refractivity contribution in [3.8, 4) is 44.5 Å². The molecule has 8 bridgehead atoms. The van der Waals surface area contributed by atoms with E-state index in [1.165, 1.54) is 11.9 Å². The van der Waals surface area contributed by atoms with Gasteiger partial charge in [-0.15, -0.1) is 0 Å². The van der Waals surface area contributed by atoms with Crippen molar-refractivity contribution in [2.24, 2.45) is 0 Å². The van der Waals surface area contributed by atoms with E-state index in [4.69, 9.17) is 0 Å². The van der Waals surface area contributed by atoms with Crippen molar-refractivity contribution < 1.29 is 87.8 Å². The van der Waals surface area contributed by atoms with Gasteiger partial charge in [-0.2, -0.15) is 0 Å². The molecule has 0 unspecified atom stereocenters. The van der Waals surface area contributed by atoms with E-state index in [0.717, 1.165) is 0 Å². The zero-order valence-electron chi connectivity index (χ0n) is 34.8. The molecule has 0 amide bonds. The minimum atomic E-state index is -2.71. The van der Waals surface area contributed by atoms with Crippen LogP contribution in [0.3, 0.4) is 0 Å². The Morgan fingerprint density at radius 1 is 0.306 bits per heavy atom. The largest absolute Gasteiger partial charge is 0.354 e. The average Bonchev–Trinajstić information content (AvgIpc) is 4.23. The summed E-state index contributed by atoms with van der Waals surface area (Å²) >= 11 is 0. The molecular weight excluding hydrogens is 1010 g/mol. The lowest BCUT2D eigenvalue weighted by atomic mass is 9.95. The van der Waals surface area contributed by atoms with E-state index in [1.54, 1.807) is 0 Å². The summed E-state index contributed by atoms with van der Waals surface area (Å²) in [7, 11) is 1.31. The maximum atomic E-state index is 16.2. The lowest BCUT2D eigenvalue weighted by molar-refractivity contribution is 0.381. The van der Waals surface area contributed by atoms with Gasteiger partial charge in [-0.25, -0.2) is 97.8 Å². The second kappa shape index (κ2) is 16.6. The molecule has 25 heteroatoms. The summed E-state index contributed by atoms with van der Waals surface area (Å²) in [4.78, 5) is 14.2. The van der Waals surface area contributed by atoms with E-state index in [2.05, 4.69) is 19.9 Å². The third-order valence-electron chi connectivity index (χ3n) is 11.9. The fourth-order valence-electron chi connectivity index (χ4n) is 8.76. The van der Waals surface area contributed by atoms with Crippen LogP contribution in [0, 0.1) is 116 Å². The van der Waals surface area contributed by atoms with Crippen molar-refractivity contribution in [3.63, 3.8) is 0 Å². The molecule has 0 fully saturated rings. The van der Waals surface area contributed by atoms with Gasteiger partial charge in [-0.05, 0) is 54.6 Å². The van der Waals surface area contributed by atoms with E-state index in [0.29, 0.717) is 36.4 Å². The molecule has 6 heterocycles. The zero-order chi connectivity index (χ0) is 52.0. The molecule has 72 heavy (non-hydrogen) atoms. The van der Waals surface area contributed by atoms with E-state index < -0.39 is 219 Å². The van der Waals surface area contributed by atoms with Crippen LogP contribution >= 0.6 is 0 Å². The summed E-state index contributed by atoms with van der Waals surface area (Å²) in [6.07, 6.45) is 1.23. The number of likely N-dealkylation sites (N-methyl/N-ethyl adjacent to an activating group) is 1. The number of hydrogen-bond donors (Lipinski definition) is 2. The Morgan fingerprint density at radius 3 is 0.792 bits per heavy atom. The number of H-pyrrole nitrogens is 2. The zero-order valence-corrected chi connectivity index (χ0v) is 34.8. The second-order valence-corrected chi connectivity index (χ2v) is 16.0.